The second-order valence-corrected chi connectivity index (χ2v) is 2.39. The molecule has 3 N–H and O–H groups in total. The number of hydrogen-bond acceptors (Lipinski definition) is 4. The van der Waals surface area contributed by atoms with Crippen LogP contribution in [0.3, 0.4) is 0 Å². The van der Waals surface area contributed by atoms with Crippen LogP contribution in [-0.4, -0.2) is 35.1 Å². The van der Waals surface area contributed by atoms with Gasteiger partial charge in [0.15, 0.2) is 0 Å². The van der Waals surface area contributed by atoms with Gasteiger partial charge in [-0.3, -0.25) is 4.79 Å². The Balaban J connectivity index is 4.03. The number of amides is 1. The SMILES string of the molecule is CNC(=O)OC(C)(O)CC(=O)O. The molecule has 6 heteroatoms. The minimum absolute atomic E-state index is 0.652. The van der Waals surface area contributed by atoms with E-state index in [1.807, 2.05) is 0 Å². The van der Waals surface area contributed by atoms with Crippen LogP contribution in [-0.2, 0) is 9.53 Å². The number of carboxylic acid groups (broad SMARTS) is 1. The van der Waals surface area contributed by atoms with Gasteiger partial charge in [0.2, 0.25) is 5.79 Å². The van der Waals surface area contributed by atoms with E-state index in [9.17, 15) is 9.59 Å². The van der Waals surface area contributed by atoms with E-state index in [0.29, 0.717) is 0 Å². The van der Waals surface area contributed by atoms with Crippen LogP contribution in [0.1, 0.15) is 13.3 Å². The monoisotopic (exact) mass is 177 g/mol. The second-order valence-electron chi connectivity index (χ2n) is 2.39. The Labute approximate surface area is 69.1 Å². The maximum Gasteiger partial charge on any atom is 0.409 e. The van der Waals surface area contributed by atoms with Gasteiger partial charge in [-0.25, -0.2) is 4.79 Å². The van der Waals surface area contributed by atoms with E-state index in [-0.39, 0.29) is 0 Å². The van der Waals surface area contributed by atoms with Gasteiger partial charge in [-0.15, -0.1) is 0 Å². The average molecular weight is 177 g/mol. The van der Waals surface area contributed by atoms with Crippen molar-refractivity contribution in [2.75, 3.05) is 7.05 Å². The van der Waals surface area contributed by atoms with Crippen molar-refractivity contribution in [1.82, 2.24) is 5.32 Å². The molecule has 0 saturated carbocycles. The fourth-order valence-electron chi connectivity index (χ4n) is 0.567. The molecule has 1 atom stereocenters. The Hall–Kier alpha value is -1.30. The van der Waals surface area contributed by atoms with Crippen LogP contribution in [0.15, 0.2) is 0 Å². The molecule has 0 aromatic carbocycles. The lowest BCUT2D eigenvalue weighted by Gasteiger charge is -2.20. The molecule has 0 saturated heterocycles. The minimum atomic E-state index is -1.97. The minimum Gasteiger partial charge on any atom is -0.481 e. The van der Waals surface area contributed by atoms with Gasteiger partial charge in [-0.1, -0.05) is 0 Å². The van der Waals surface area contributed by atoms with Crippen LogP contribution >= 0.6 is 0 Å². The number of carboxylic acids is 1. The number of nitrogens with one attached hydrogen (secondary N) is 1. The first-order valence-electron chi connectivity index (χ1n) is 3.22. The Kier molecular flexibility index (Phi) is 3.49. The van der Waals surface area contributed by atoms with E-state index in [2.05, 4.69) is 10.1 Å². The first-order chi connectivity index (χ1) is 5.37. The van der Waals surface area contributed by atoms with E-state index in [1.165, 1.54) is 7.05 Å². The van der Waals surface area contributed by atoms with Crippen molar-refractivity contribution in [2.24, 2.45) is 0 Å². The molecule has 0 fully saturated rings. The molecule has 0 aromatic heterocycles. The van der Waals surface area contributed by atoms with Gasteiger partial charge >= 0.3 is 12.1 Å². The maximum absolute atomic E-state index is 10.5. The van der Waals surface area contributed by atoms with Crippen molar-refractivity contribution < 1.29 is 24.5 Å². The maximum atomic E-state index is 10.5. The summed E-state index contributed by atoms with van der Waals surface area (Å²) in [6, 6.07) is 0. The lowest BCUT2D eigenvalue weighted by molar-refractivity contribution is -0.171. The zero-order valence-electron chi connectivity index (χ0n) is 6.83. The first-order valence-corrected chi connectivity index (χ1v) is 3.22. The van der Waals surface area contributed by atoms with Crippen LogP contribution in [0.4, 0.5) is 4.79 Å². The molecule has 0 rings (SSSR count). The van der Waals surface area contributed by atoms with Gasteiger partial charge in [-0.2, -0.15) is 0 Å². The topological polar surface area (TPSA) is 95.9 Å². The molecule has 0 aliphatic carbocycles. The second kappa shape index (κ2) is 3.91. The molecule has 12 heavy (non-hydrogen) atoms. The van der Waals surface area contributed by atoms with Crippen molar-refractivity contribution in [3.8, 4) is 0 Å². The highest BCUT2D eigenvalue weighted by Gasteiger charge is 2.28. The lowest BCUT2D eigenvalue weighted by Crippen LogP contribution is -2.37. The van der Waals surface area contributed by atoms with Gasteiger partial charge in [0.25, 0.3) is 0 Å². The third-order valence-electron chi connectivity index (χ3n) is 0.996. The van der Waals surface area contributed by atoms with Crippen LogP contribution < -0.4 is 5.32 Å². The summed E-state index contributed by atoms with van der Waals surface area (Å²) >= 11 is 0. The molecule has 0 spiro atoms. The zero-order chi connectivity index (χ0) is 9.78. The summed E-state index contributed by atoms with van der Waals surface area (Å²) in [5.74, 6) is -3.21. The standard InChI is InChI=1S/C6H11NO5/c1-6(11,3-4(8)9)12-5(10)7-2/h11H,3H2,1-2H3,(H,7,10)(H,8,9). The number of carbonyl (C=O) groups is 2. The van der Waals surface area contributed by atoms with Gasteiger partial charge in [0.1, 0.15) is 6.42 Å². The fourth-order valence-corrected chi connectivity index (χ4v) is 0.567. The molecule has 0 aromatic rings. The molecule has 0 heterocycles. The Morgan fingerprint density at radius 3 is 2.42 bits per heavy atom. The normalized spacial score (nSPS) is 14.6. The third-order valence-corrected chi connectivity index (χ3v) is 0.996. The van der Waals surface area contributed by atoms with Crippen LogP contribution in [0, 0.1) is 0 Å². The highest BCUT2D eigenvalue weighted by Crippen LogP contribution is 2.10. The number of alkyl carbamates (subject to hydrolysis) is 1. The zero-order valence-corrected chi connectivity index (χ0v) is 6.83. The summed E-state index contributed by atoms with van der Waals surface area (Å²) < 4.78 is 4.32. The van der Waals surface area contributed by atoms with E-state index >= 15 is 0 Å². The summed E-state index contributed by atoms with van der Waals surface area (Å²) in [7, 11) is 1.30. The number of ether oxygens (including phenoxy) is 1. The fraction of sp³-hybridized carbons (Fsp3) is 0.667. The molecular weight excluding hydrogens is 166 g/mol. The summed E-state index contributed by atoms with van der Waals surface area (Å²) in [6.07, 6.45) is -1.53. The van der Waals surface area contributed by atoms with Crippen LogP contribution in [0.2, 0.25) is 0 Å². The Morgan fingerprint density at radius 2 is 2.08 bits per heavy atom. The largest absolute Gasteiger partial charge is 0.481 e. The van der Waals surface area contributed by atoms with Crippen molar-refractivity contribution in [3.63, 3.8) is 0 Å². The molecule has 0 bridgehead atoms. The van der Waals surface area contributed by atoms with Gasteiger partial charge in [-0.05, 0) is 0 Å². The van der Waals surface area contributed by atoms with Crippen molar-refractivity contribution >= 4 is 12.1 Å². The molecular formula is C6H11NO5. The predicted molar refractivity (Wildman–Crippen MR) is 38.4 cm³/mol. The van der Waals surface area contributed by atoms with Crippen molar-refractivity contribution in [3.05, 3.63) is 0 Å². The number of aliphatic carboxylic acids is 1. The number of aliphatic hydroxyl groups is 1. The van der Waals surface area contributed by atoms with E-state index in [0.717, 1.165) is 6.92 Å². The molecule has 6 nitrogen and oxygen atoms in total. The summed E-state index contributed by atoms with van der Waals surface area (Å²) in [5, 5.41) is 19.5. The number of carbonyl (C=O) groups excluding carboxylic acids is 1. The summed E-state index contributed by atoms with van der Waals surface area (Å²) in [6.45, 7) is 1.09. The molecule has 0 aliphatic rings. The lowest BCUT2D eigenvalue weighted by atomic mass is 10.2. The van der Waals surface area contributed by atoms with Gasteiger partial charge in [0, 0.05) is 14.0 Å². The summed E-state index contributed by atoms with van der Waals surface area (Å²) in [5.41, 5.74) is 0. The molecule has 0 radical (unpaired) electrons. The third kappa shape index (κ3) is 4.51. The highest BCUT2D eigenvalue weighted by atomic mass is 16.7. The molecule has 70 valence electrons. The van der Waals surface area contributed by atoms with Gasteiger partial charge < -0.3 is 20.3 Å². The average Bonchev–Trinajstić information content (AvgIpc) is 1.83. The molecule has 0 aliphatic heterocycles. The molecule has 1 unspecified atom stereocenters. The van der Waals surface area contributed by atoms with Crippen LogP contribution in [0.5, 0.6) is 0 Å². The Bertz CT molecular complexity index is 188. The number of hydrogen-bond donors (Lipinski definition) is 3. The first kappa shape index (κ1) is 10.7. The van der Waals surface area contributed by atoms with Gasteiger partial charge in [0.05, 0.1) is 0 Å². The van der Waals surface area contributed by atoms with E-state index in [4.69, 9.17) is 10.2 Å². The molecule has 1 amide bonds. The predicted octanol–water partition coefficient (Wildman–Crippen LogP) is -0.474. The van der Waals surface area contributed by atoms with Crippen molar-refractivity contribution in [1.29, 1.82) is 0 Å². The summed E-state index contributed by atoms with van der Waals surface area (Å²) in [4.78, 5) is 20.6. The highest BCUT2D eigenvalue weighted by molar-refractivity contribution is 5.70. The smallest absolute Gasteiger partial charge is 0.409 e. The quantitative estimate of drug-likeness (QED) is 0.506. The van der Waals surface area contributed by atoms with Crippen molar-refractivity contribution in [2.45, 2.75) is 19.1 Å². The van der Waals surface area contributed by atoms with E-state index < -0.39 is 24.3 Å². The van der Waals surface area contributed by atoms with E-state index in [1.54, 1.807) is 0 Å². The Morgan fingerprint density at radius 1 is 1.58 bits per heavy atom. The number of rotatable bonds is 3. The van der Waals surface area contributed by atoms with Crippen LogP contribution in [0.25, 0.3) is 0 Å².